The number of fused-ring (bicyclic) bond motifs is 4. The zero-order valence-electron chi connectivity index (χ0n) is 26.5. The molecule has 8 aromatic rings. The molecule has 0 radical (unpaired) electrons. The summed E-state index contributed by atoms with van der Waals surface area (Å²) in [6, 6.07) is 56.5. The molecule has 0 saturated carbocycles. The van der Waals surface area contributed by atoms with E-state index in [1.165, 1.54) is 33.0 Å². The van der Waals surface area contributed by atoms with Gasteiger partial charge in [-0.05, 0) is 82.3 Å². The molecule has 0 unspecified atom stereocenters. The summed E-state index contributed by atoms with van der Waals surface area (Å²) >= 11 is 0. The molecule has 1 aromatic heterocycles. The lowest BCUT2D eigenvalue weighted by Crippen LogP contribution is -2.11. The van der Waals surface area contributed by atoms with Crippen molar-refractivity contribution in [3.63, 3.8) is 0 Å². The highest BCUT2D eigenvalue weighted by atomic mass is 16.3. The minimum Gasteiger partial charge on any atom is -0.455 e. The van der Waals surface area contributed by atoms with Gasteiger partial charge >= 0.3 is 0 Å². The Morgan fingerprint density at radius 1 is 0.458 bits per heavy atom. The monoisotopic (exact) mass is 615 g/mol. The van der Waals surface area contributed by atoms with Gasteiger partial charge in [0.15, 0.2) is 0 Å². The van der Waals surface area contributed by atoms with E-state index < -0.39 is 0 Å². The molecule has 7 aromatic carbocycles. The lowest BCUT2D eigenvalue weighted by Gasteiger charge is -2.28. The molecule has 1 heterocycles. The fourth-order valence-corrected chi connectivity index (χ4v) is 7.18. The van der Waals surface area contributed by atoms with Gasteiger partial charge in [-0.25, -0.2) is 0 Å². The van der Waals surface area contributed by atoms with Gasteiger partial charge in [0.1, 0.15) is 11.2 Å². The van der Waals surface area contributed by atoms with Gasteiger partial charge in [-0.2, -0.15) is 0 Å². The molecule has 1 aliphatic carbocycles. The van der Waals surface area contributed by atoms with Crippen LogP contribution in [0.4, 0.5) is 17.1 Å². The maximum atomic E-state index is 6.54. The van der Waals surface area contributed by atoms with Crippen LogP contribution in [-0.4, -0.2) is 0 Å². The summed E-state index contributed by atoms with van der Waals surface area (Å²) in [4.78, 5) is 2.37. The smallest absolute Gasteiger partial charge is 0.143 e. The van der Waals surface area contributed by atoms with E-state index in [0.29, 0.717) is 0 Å². The lowest BCUT2D eigenvalue weighted by atomic mass is 9.97. The highest BCUT2D eigenvalue weighted by Crippen LogP contribution is 2.45. The van der Waals surface area contributed by atoms with Crippen molar-refractivity contribution in [3.05, 3.63) is 182 Å². The van der Waals surface area contributed by atoms with E-state index in [1.807, 2.05) is 12.1 Å². The number of hydrogen-bond donors (Lipinski definition) is 0. The van der Waals surface area contributed by atoms with Crippen LogP contribution in [0.2, 0.25) is 0 Å². The summed E-state index contributed by atoms with van der Waals surface area (Å²) in [7, 11) is 0. The fraction of sp³-hybridized carbons (Fsp3) is 0.0435. The van der Waals surface area contributed by atoms with Gasteiger partial charge in [-0.15, -0.1) is 0 Å². The van der Waals surface area contributed by atoms with E-state index in [0.717, 1.165) is 63.0 Å². The first kappa shape index (κ1) is 28.1. The first-order valence-corrected chi connectivity index (χ1v) is 16.7. The molecule has 0 saturated heterocycles. The minimum atomic E-state index is 0.903. The van der Waals surface area contributed by atoms with Crippen LogP contribution in [0.15, 0.2) is 180 Å². The van der Waals surface area contributed by atoms with E-state index in [1.54, 1.807) is 0 Å². The number of allylic oxidation sites excluding steroid dienone is 4. The molecule has 0 bridgehead atoms. The number of furan rings is 1. The predicted octanol–water partition coefficient (Wildman–Crippen LogP) is 13.3. The highest BCUT2D eigenvalue weighted by molar-refractivity contribution is 6.11. The van der Waals surface area contributed by atoms with Crippen LogP contribution in [0.25, 0.3) is 60.5 Å². The number of benzene rings is 7. The van der Waals surface area contributed by atoms with Crippen LogP contribution in [0.5, 0.6) is 0 Å². The van der Waals surface area contributed by atoms with Crippen LogP contribution in [-0.2, 0) is 0 Å². The molecule has 0 fully saturated rings. The lowest BCUT2D eigenvalue weighted by molar-refractivity contribution is 0.670. The number of para-hydroxylation sites is 3. The second-order valence-electron chi connectivity index (χ2n) is 12.4. The van der Waals surface area contributed by atoms with Crippen molar-refractivity contribution in [2.75, 3.05) is 4.90 Å². The largest absolute Gasteiger partial charge is 0.455 e. The number of hydrogen-bond acceptors (Lipinski definition) is 2. The second kappa shape index (κ2) is 11.9. The van der Waals surface area contributed by atoms with Crippen molar-refractivity contribution >= 4 is 55.3 Å². The summed E-state index contributed by atoms with van der Waals surface area (Å²) in [5.41, 5.74) is 12.2. The molecule has 0 atom stereocenters. The van der Waals surface area contributed by atoms with E-state index in [-0.39, 0.29) is 0 Å². The van der Waals surface area contributed by atoms with Crippen molar-refractivity contribution in [3.8, 4) is 22.3 Å². The first-order chi connectivity index (χ1) is 23.8. The van der Waals surface area contributed by atoms with E-state index >= 15 is 0 Å². The normalized spacial score (nSPS) is 12.9. The van der Waals surface area contributed by atoms with Crippen molar-refractivity contribution in [1.82, 2.24) is 0 Å². The molecule has 0 N–H and O–H groups in total. The zero-order chi connectivity index (χ0) is 31.9. The molecule has 2 heteroatoms. The van der Waals surface area contributed by atoms with Gasteiger partial charge in [0.05, 0.1) is 5.69 Å². The van der Waals surface area contributed by atoms with Gasteiger partial charge in [0, 0.05) is 33.3 Å². The van der Waals surface area contributed by atoms with Crippen LogP contribution in [0.1, 0.15) is 18.4 Å². The Labute approximate surface area is 280 Å². The Morgan fingerprint density at radius 3 is 1.90 bits per heavy atom. The van der Waals surface area contributed by atoms with E-state index in [9.17, 15) is 0 Å². The Balaban J connectivity index is 1.21. The Kier molecular flexibility index (Phi) is 6.98. The minimum absolute atomic E-state index is 0.903. The summed E-state index contributed by atoms with van der Waals surface area (Å²) < 4.78 is 6.54. The molecular formula is C46H33NO. The highest BCUT2D eigenvalue weighted by Gasteiger charge is 2.20. The summed E-state index contributed by atoms with van der Waals surface area (Å²) in [5.74, 6) is 0. The molecule has 9 rings (SSSR count). The standard InChI is InChI=1S/C46H33NO/c1-2-12-32(13-3-1)33-24-28-36(29-25-33)47(37-30-26-35(27-31-37)39-19-10-15-34-14-4-5-16-38(34)39)44-22-8-6-17-40(44)42-20-11-21-43-41-18-7-9-23-45(41)48-46(42)43/h2,4-31H,1,3H2. The number of rotatable bonds is 6. The van der Waals surface area contributed by atoms with Gasteiger partial charge in [0.2, 0.25) is 0 Å². The van der Waals surface area contributed by atoms with Crippen molar-refractivity contribution in [2.24, 2.45) is 0 Å². The number of anilines is 3. The molecule has 0 spiro atoms. The van der Waals surface area contributed by atoms with Crippen molar-refractivity contribution in [1.29, 1.82) is 0 Å². The predicted molar refractivity (Wildman–Crippen MR) is 203 cm³/mol. The molecule has 228 valence electrons. The SMILES string of the molecule is C1=CC(c2ccc(N(c3ccc(-c4cccc5ccccc45)cc3)c3ccccc3-c3cccc4c3oc3ccccc34)cc2)=CCC1. The molecule has 0 amide bonds. The maximum absolute atomic E-state index is 6.54. The van der Waals surface area contributed by atoms with Crippen molar-refractivity contribution < 1.29 is 4.42 Å². The second-order valence-corrected chi connectivity index (χ2v) is 12.4. The molecular weight excluding hydrogens is 583 g/mol. The molecule has 2 nitrogen and oxygen atoms in total. The van der Waals surface area contributed by atoms with Crippen molar-refractivity contribution in [2.45, 2.75) is 12.8 Å². The van der Waals surface area contributed by atoms with Gasteiger partial charge in [-0.3, -0.25) is 0 Å². The Hall–Kier alpha value is -6.12. The molecule has 1 aliphatic rings. The topological polar surface area (TPSA) is 16.4 Å². The number of nitrogens with zero attached hydrogens (tertiary/aromatic N) is 1. The Bertz CT molecular complexity index is 2490. The summed E-state index contributed by atoms with van der Waals surface area (Å²) in [6.45, 7) is 0. The van der Waals surface area contributed by atoms with Crippen LogP contribution < -0.4 is 4.90 Å². The average Bonchev–Trinajstić information content (AvgIpc) is 3.55. The van der Waals surface area contributed by atoms with Gasteiger partial charge in [-0.1, -0.05) is 140 Å². The van der Waals surface area contributed by atoms with Gasteiger partial charge < -0.3 is 9.32 Å². The quantitative estimate of drug-likeness (QED) is 0.185. The van der Waals surface area contributed by atoms with E-state index in [2.05, 4.69) is 169 Å². The van der Waals surface area contributed by atoms with Crippen LogP contribution in [0.3, 0.4) is 0 Å². The van der Waals surface area contributed by atoms with Crippen LogP contribution in [0, 0.1) is 0 Å². The van der Waals surface area contributed by atoms with Crippen LogP contribution >= 0.6 is 0 Å². The fourth-order valence-electron chi connectivity index (χ4n) is 7.18. The maximum Gasteiger partial charge on any atom is 0.143 e. The third kappa shape index (κ3) is 4.90. The van der Waals surface area contributed by atoms with E-state index in [4.69, 9.17) is 4.42 Å². The average molecular weight is 616 g/mol. The zero-order valence-corrected chi connectivity index (χ0v) is 26.5. The molecule has 48 heavy (non-hydrogen) atoms. The third-order valence-corrected chi connectivity index (χ3v) is 9.52. The Morgan fingerprint density at radius 2 is 1.08 bits per heavy atom. The summed E-state index contributed by atoms with van der Waals surface area (Å²) in [6.07, 6.45) is 9.04. The molecule has 0 aliphatic heterocycles. The van der Waals surface area contributed by atoms with Gasteiger partial charge in [0.25, 0.3) is 0 Å². The third-order valence-electron chi connectivity index (χ3n) is 9.52. The summed E-state index contributed by atoms with van der Waals surface area (Å²) in [5, 5.41) is 4.77. The first-order valence-electron chi connectivity index (χ1n) is 16.7.